The molecule has 0 aromatic carbocycles. The number of aliphatic hydroxyl groups excluding tert-OH is 1. The zero-order chi connectivity index (χ0) is 23.0. The van der Waals surface area contributed by atoms with Crippen molar-refractivity contribution in [2.45, 2.75) is 70.8 Å². The Morgan fingerprint density at radius 2 is 2.03 bits per heavy atom. The van der Waals surface area contributed by atoms with Gasteiger partial charge in [-0.1, -0.05) is 32.1 Å². The average Bonchev–Trinajstić information content (AvgIpc) is 2.89. The molecule has 3 saturated carbocycles. The van der Waals surface area contributed by atoms with Crippen LogP contribution in [0.1, 0.15) is 53.4 Å². The van der Waals surface area contributed by atoms with E-state index < -0.39 is 45.8 Å². The van der Waals surface area contributed by atoms with Gasteiger partial charge < -0.3 is 14.9 Å². The quantitative estimate of drug-likeness (QED) is 0.665. The Kier molecular flexibility index (Phi) is 4.95. The van der Waals surface area contributed by atoms with Gasteiger partial charge in [0.2, 0.25) is 5.78 Å². The number of Topliss-reactive ketones (excluding diaryl/α,β-unsaturated/α-hetero) is 1. The first-order valence-electron chi connectivity index (χ1n) is 11.2. The Bertz CT molecular complexity index is 908. The summed E-state index contributed by atoms with van der Waals surface area (Å²) < 4.78 is 22.4. The van der Waals surface area contributed by atoms with Gasteiger partial charge in [-0.2, -0.15) is 0 Å². The summed E-state index contributed by atoms with van der Waals surface area (Å²) >= 11 is 0. The summed E-state index contributed by atoms with van der Waals surface area (Å²) in [7, 11) is 0. The van der Waals surface area contributed by atoms with Crippen molar-refractivity contribution in [1.29, 1.82) is 0 Å². The number of carbonyl (C=O) groups excluding carboxylic acids is 2. The Balaban J connectivity index is 1.76. The predicted molar refractivity (Wildman–Crippen MR) is 114 cm³/mol. The lowest BCUT2D eigenvalue weighted by Gasteiger charge is -2.62. The van der Waals surface area contributed by atoms with E-state index in [1.54, 1.807) is 19.9 Å². The molecular weight excluding hydrogens is 399 g/mol. The van der Waals surface area contributed by atoms with Gasteiger partial charge in [-0.25, -0.2) is 4.39 Å². The van der Waals surface area contributed by atoms with Gasteiger partial charge >= 0.3 is 0 Å². The first-order valence-corrected chi connectivity index (χ1v) is 11.2. The number of ketones is 2. The maximum atomic E-state index is 17.0. The van der Waals surface area contributed by atoms with Crippen molar-refractivity contribution >= 4 is 11.6 Å². The molecular formula is C25H33FO5. The topological polar surface area (TPSA) is 83.8 Å². The lowest BCUT2D eigenvalue weighted by Crippen LogP contribution is -2.69. The Morgan fingerprint density at radius 1 is 1.35 bits per heavy atom. The van der Waals surface area contributed by atoms with Crippen LogP contribution in [0.2, 0.25) is 0 Å². The zero-order valence-electron chi connectivity index (χ0n) is 18.8. The first kappa shape index (κ1) is 22.4. The Hall–Kier alpha value is -1.79. The van der Waals surface area contributed by atoms with E-state index >= 15 is 4.39 Å². The number of hydrogen-bond donors (Lipinski definition) is 2. The summed E-state index contributed by atoms with van der Waals surface area (Å²) in [6, 6.07) is 0. The molecule has 3 fully saturated rings. The van der Waals surface area contributed by atoms with Crippen molar-refractivity contribution in [3.05, 3.63) is 36.1 Å². The number of allylic oxidation sites excluding steroid dienone is 5. The molecule has 170 valence electrons. The third kappa shape index (κ3) is 2.67. The van der Waals surface area contributed by atoms with Gasteiger partial charge in [-0.15, -0.1) is 0 Å². The van der Waals surface area contributed by atoms with Crippen molar-refractivity contribution in [3.63, 3.8) is 0 Å². The Labute approximate surface area is 183 Å². The van der Waals surface area contributed by atoms with Crippen LogP contribution in [0, 0.1) is 28.6 Å². The van der Waals surface area contributed by atoms with Crippen molar-refractivity contribution in [3.8, 4) is 0 Å². The van der Waals surface area contributed by atoms with Crippen molar-refractivity contribution in [1.82, 2.24) is 0 Å². The number of alkyl halides is 1. The number of carbonyl (C=O) groups is 2. The number of aliphatic hydroxyl groups is 2. The molecule has 5 nitrogen and oxygen atoms in total. The molecule has 0 amide bonds. The van der Waals surface area contributed by atoms with Crippen LogP contribution in [0.4, 0.5) is 4.39 Å². The van der Waals surface area contributed by atoms with E-state index in [2.05, 4.69) is 6.58 Å². The second kappa shape index (κ2) is 6.85. The van der Waals surface area contributed by atoms with Gasteiger partial charge in [0.05, 0.1) is 11.9 Å². The summed E-state index contributed by atoms with van der Waals surface area (Å²) in [6.07, 6.45) is 4.61. The van der Waals surface area contributed by atoms with Crippen LogP contribution >= 0.6 is 0 Å². The fourth-order valence-electron chi connectivity index (χ4n) is 7.44. The van der Waals surface area contributed by atoms with Crippen LogP contribution in [0.3, 0.4) is 0 Å². The largest absolute Gasteiger partial charge is 0.491 e. The van der Waals surface area contributed by atoms with Gasteiger partial charge in [-0.3, -0.25) is 9.59 Å². The third-order valence-corrected chi connectivity index (χ3v) is 9.10. The number of fused-ring (bicyclic) bond motifs is 5. The van der Waals surface area contributed by atoms with E-state index in [-0.39, 0.29) is 24.7 Å². The minimum absolute atomic E-state index is 0.0328. The standard InChI is InChI=1S/C25H33FO5/c1-14(2)31-13-21(29)25(30)15(3)10-19-18-7-6-16-11-17(27)8-9-22(16,4)24(18,26)20(28)12-23(19,25)5/h8-9,11,15,18-20,28,30H,1,6-7,10,12-13H2,2-5H3/t15-,18+,19+,20+,22+,23+,24+,25+/m1/s1. The molecule has 4 aliphatic carbocycles. The first-order chi connectivity index (χ1) is 14.3. The highest BCUT2D eigenvalue weighted by Crippen LogP contribution is 2.70. The highest BCUT2D eigenvalue weighted by atomic mass is 19.1. The second-order valence-electron chi connectivity index (χ2n) is 10.6. The molecule has 0 aromatic rings. The molecule has 0 unspecified atom stereocenters. The van der Waals surface area contributed by atoms with Gasteiger partial charge in [0, 0.05) is 16.7 Å². The molecule has 0 saturated heterocycles. The monoisotopic (exact) mass is 432 g/mol. The minimum atomic E-state index is -1.97. The summed E-state index contributed by atoms with van der Waals surface area (Å²) in [4.78, 5) is 25.1. The van der Waals surface area contributed by atoms with Crippen LogP contribution in [-0.4, -0.2) is 45.8 Å². The van der Waals surface area contributed by atoms with E-state index in [1.807, 2.05) is 13.8 Å². The van der Waals surface area contributed by atoms with Gasteiger partial charge in [0.15, 0.2) is 11.5 Å². The maximum absolute atomic E-state index is 17.0. The fraction of sp³-hybridized carbons (Fsp3) is 0.680. The van der Waals surface area contributed by atoms with E-state index in [0.29, 0.717) is 30.6 Å². The summed E-state index contributed by atoms with van der Waals surface area (Å²) in [6.45, 7) is 10.4. The van der Waals surface area contributed by atoms with Crippen LogP contribution in [0.25, 0.3) is 0 Å². The van der Waals surface area contributed by atoms with Crippen LogP contribution in [0.15, 0.2) is 36.1 Å². The van der Waals surface area contributed by atoms with Gasteiger partial charge in [0.25, 0.3) is 0 Å². The highest BCUT2D eigenvalue weighted by molar-refractivity contribution is 6.01. The van der Waals surface area contributed by atoms with Crippen LogP contribution < -0.4 is 0 Å². The molecule has 8 atom stereocenters. The normalized spacial score (nSPS) is 48.4. The fourth-order valence-corrected chi connectivity index (χ4v) is 7.44. The lowest BCUT2D eigenvalue weighted by atomic mass is 9.44. The minimum Gasteiger partial charge on any atom is -0.491 e. The second-order valence-corrected chi connectivity index (χ2v) is 10.6. The molecule has 0 spiro atoms. The summed E-state index contributed by atoms with van der Waals surface area (Å²) in [5.74, 6) is -1.43. The number of rotatable bonds is 4. The number of hydrogen-bond acceptors (Lipinski definition) is 5. The zero-order valence-corrected chi connectivity index (χ0v) is 18.8. The van der Waals surface area contributed by atoms with E-state index in [4.69, 9.17) is 4.74 Å². The smallest absolute Gasteiger partial charge is 0.202 e. The van der Waals surface area contributed by atoms with Crippen molar-refractivity contribution in [2.75, 3.05) is 6.61 Å². The van der Waals surface area contributed by atoms with E-state index in [0.717, 1.165) is 0 Å². The Morgan fingerprint density at radius 3 is 2.68 bits per heavy atom. The lowest BCUT2D eigenvalue weighted by molar-refractivity contribution is -0.219. The molecule has 0 aliphatic heterocycles. The van der Waals surface area contributed by atoms with E-state index in [1.165, 1.54) is 12.2 Å². The third-order valence-electron chi connectivity index (χ3n) is 9.10. The van der Waals surface area contributed by atoms with Gasteiger partial charge in [-0.05, 0) is 63.5 Å². The molecule has 0 radical (unpaired) electrons. The molecule has 4 aliphatic rings. The summed E-state index contributed by atoms with van der Waals surface area (Å²) in [5, 5.41) is 23.0. The average molecular weight is 433 g/mol. The number of halogens is 1. The van der Waals surface area contributed by atoms with Crippen LogP contribution in [0.5, 0.6) is 0 Å². The molecule has 2 N–H and O–H groups in total. The maximum Gasteiger partial charge on any atom is 0.202 e. The predicted octanol–water partition coefficient (Wildman–Crippen LogP) is 3.45. The summed E-state index contributed by atoms with van der Waals surface area (Å²) in [5.41, 5.74) is -5.03. The molecule has 0 aromatic heterocycles. The molecule has 4 rings (SSSR count). The van der Waals surface area contributed by atoms with Crippen molar-refractivity contribution < 1.29 is 28.9 Å². The molecule has 0 heterocycles. The highest BCUT2D eigenvalue weighted by Gasteiger charge is 2.75. The molecule has 31 heavy (non-hydrogen) atoms. The molecule has 0 bridgehead atoms. The van der Waals surface area contributed by atoms with Crippen molar-refractivity contribution in [2.24, 2.45) is 28.6 Å². The van der Waals surface area contributed by atoms with E-state index in [9.17, 15) is 19.8 Å². The van der Waals surface area contributed by atoms with Gasteiger partial charge in [0.1, 0.15) is 12.2 Å². The number of ether oxygens (including phenoxy) is 1. The SMILES string of the molecule is C=C(C)OCC(=O)[C@@]1(O)[C@H](C)C[C@H]2[C@@H]3CCC4=CC(=O)C=C[C@]4(C)[C@@]3(F)[C@@H](O)C[C@@]21C. The van der Waals surface area contributed by atoms with Crippen LogP contribution in [-0.2, 0) is 14.3 Å². The molecule has 6 heteroatoms.